The summed E-state index contributed by atoms with van der Waals surface area (Å²) in [5.74, 6) is -1.54. The molecule has 2 aromatic rings. The van der Waals surface area contributed by atoms with Crippen molar-refractivity contribution in [3.05, 3.63) is 65.7 Å². The van der Waals surface area contributed by atoms with Crippen LogP contribution in [0.5, 0.6) is 0 Å². The van der Waals surface area contributed by atoms with Gasteiger partial charge in [0.25, 0.3) is 5.91 Å². The van der Waals surface area contributed by atoms with Crippen molar-refractivity contribution in [2.75, 3.05) is 5.32 Å². The highest BCUT2D eigenvalue weighted by Crippen LogP contribution is 2.29. The molecule has 0 aliphatic heterocycles. The van der Waals surface area contributed by atoms with Gasteiger partial charge < -0.3 is 21.1 Å². The van der Waals surface area contributed by atoms with Crippen molar-refractivity contribution in [3.63, 3.8) is 0 Å². The van der Waals surface area contributed by atoms with E-state index >= 15 is 0 Å². The Hall–Kier alpha value is -2.06. The van der Waals surface area contributed by atoms with Crippen molar-refractivity contribution in [3.8, 4) is 0 Å². The van der Waals surface area contributed by atoms with Crippen LogP contribution in [0.4, 0.5) is 5.69 Å². The van der Waals surface area contributed by atoms with Crippen molar-refractivity contribution < 1.29 is 14.7 Å². The smallest absolute Gasteiger partial charge is 0.335 e. The van der Waals surface area contributed by atoms with Crippen LogP contribution in [0.15, 0.2) is 54.6 Å². The lowest BCUT2D eigenvalue weighted by molar-refractivity contribution is 0.0696. The van der Waals surface area contributed by atoms with E-state index in [0.717, 1.165) is 0 Å². The zero-order valence-electron chi connectivity index (χ0n) is 13.6. The molecule has 0 saturated heterocycles. The number of benzene rings is 2. The third-order valence-electron chi connectivity index (χ3n) is 3.28. The van der Waals surface area contributed by atoms with Crippen LogP contribution in [0.25, 0.3) is 0 Å². The van der Waals surface area contributed by atoms with Crippen LogP contribution in [0.1, 0.15) is 20.7 Å². The highest BCUT2D eigenvalue weighted by molar-refractivity contribution is 7.80. The average Bonchev–Trinajstić information content (AvgIpc) is 2.61. The summed E-state index contributed by atoms with van der Waals surface area (Å²) >= 11 is 23.0. The van der Waals surface area contributed by atoms with Gasteiger partial charge in [0.1, 0.15) is 6.17 Å². The molecule has 1 atom stereocenters. The number of rotatable bonds is 5. The van der Waals surface area contributed by atoms with Crippen molar-refractivity contribution in [1.82, 2.24) is 10.6 Å². The number of anilines is 1. The topological polar surface area (TPSA) is 90.5 Å². The van der Waals surface area contributed by atoms with Crippen molar-refractivity contribution in [1.29, 1.82) is 0 Å². The first-order chi connectivity index (χ1) is 12.7. The Morgan fingerprint density at radius 1 is 0.963 bits per heavy atom. The highest BCUT2D eigenvalue weighted by Gasteiger charge is 2.34. The van der Waals surface area contributed by atoms with Crippen LogP contribution >= 0.6 is 47.0 Å². The number of alkyl halides is 3. The average molecular weight is 447 g/mol. The summed E-state index contributed by atoms with van der Waals surface area (Å²) in [4.78, 5) is 23.3. The van der Waals surface area contributed by atoms with Crippen molar-refractivity contribution >= 4 is 69.7 Å². The Bertz CT molecular complexity index is 844. The molecule has 0 heterocycles. The number of carboxylic acid groups (broad SMARTS) is 1. The number of aromatic carboxylic acids is 1. The number of hydrogen-bond acceptors (Lipinski definition) is 3. The van der Waals surface area contributed by atoms with E-state index in [1.165, 1.54) is 12.1 Å². The molecule has 0 radical (unpaired) electrons. The molecule has 27 heavy (non-hydrogen) atoms. The number of carbonyl (C=O) groups excluding carboxylic acids is 1. The summed E-state index contributed by atoms with van der Waals surface area (Å²) < 4.78 is -1.90. The number of nitrogens with one attached hydrogen (secondary N) is 3. The first-order valence-corrected chi connectivity index (χ1v) is 9.04. The lowest BCUT2D eigenvalue weighted by atomic mass is 10.2. The van der Waals surface area contributed by atoms with Gasteiger partial charge in [-0.15, -0.1) is 0 Å². The molecule has 0 saturated carbocycles. The fourth-order valence-electron chi connectivity index (χ4n) is 2.03. The third kappa shape index (κ3) is 6.55. The fourth-order valence-corrected chi connectivity index (χ4v) is 2.59. The quantitative estimate of drug-likeness (QED) is 0.317. The third-order valence-corrected chi connectivity index (χ3v) is 4.16. The van der Waals surface area contributed by atoms with Gasteiger partial charge in [0, 0.05) is 11.3 Å². The van der Waals surface area contributed by atoms with E-state index in [0.29, 0.717) is 11.3 Å². The van der Waals surface area contributed by atoms with Gasteiger partial charge in [-0.05, 0) is 42.5 Å². The Morgan fingerprint density at radius 2 is 1.59 bits per heavy atom. The summed E-state index contributed by atoms with van der Waals surface area (Å²) in [7, 11) is 0. The van der Waals surface area contributed by atoms with E-state index in [1.54, 1.807) is 42.5 Å². The molecule has 0 bridgehead atoms. The second kappa shape index (κ2) is 9.23. The molecule has 4 N–H and O–H groups in total. The molecular formula is C17H14Cl3N3O3S. The number of hydrogen-bond donors (Lipinski definition) is 4. The molecule has 0 aliphatic carbocycles. The van der Waals surface area contributed by atoms with Gasteiger partial charge in [0.15, 0.2) is 5.11 Å². The second-order valence-electron chi connectivity index (χ2n) is 5.30. The van der Waals surface area contributed by atoms with Crippen LogP contribution in [-0.4, -0.2) is 32.1 Å². The number of amides is 1. The number of carboxylic acids is 1. The first kappa shape index (κ1) is 21.2. The number of thiocarbonyl (C=S) groups is 1. The van der Waals surface area contributed by atoms with Crippen LogP contribution in [-0.2, 0) is 0 Å². The largest absolute Gasteiger partial charge is 0.478 e. The standard InChI is InChI=1S/C17H14Cl3N3O3S/c18-17(19,20)15(22-13(24)10-5-2-1-3-6-10)23-16(27)21-12-8-4-7-11(9-12)14(25)26/h1-9,15H,(H,22,24)(H,25,26)(H2,21,23,27)/t15-/m0/s1. The Balaban J connectivity index is 2.07. The maximum atomic E-state index is 12.3. The predicted octanol–water partition coefficient (Wildman–Crippen LogP) is 3.80. The van der Waals surface area contributed by atoms with E-state index in [-0.39, 0.29) is 10.7 Å². The van der Waals surface area contributed by atoms with Crippen LogP contribution < -0.4 is 16.0 Å². The van der Waals surface area contributed by atoms with Gasteiger partial charge in [-0.1, -0.05) is 59.1 Å². The summed E-state index contributed by atoms with van der Waals surface area (Å²) in [6, 6.07) is 14.4. The lowest BCUT2D eigenvalue weighted by Crippen LogP contribution is -2.56. The molecule has 0 fully saturated rings. The second-order valence-corrected chi connectivity index (χ2v) is 8.08. The fraction of sp³-hybridized carbons (Fsp3) is 0.118. The van der Waals surface area contributed by atoms with Crippen molar-refractivity contribution in [2.45, 2.75) is 9.96 Å². The monoisotopic (exact) mass is 445 g/mol. The number of halogens is 3. The van der Waals surface area contributed by atoms with E-state index in [1.807, 2.05) is 0 Å². The first-order valence-electron chi connectivity index (χ1n) is 7.50. The van der Waals surface area contributed by atoms with Gasteiger partial charge in [-0.25, -0.2) is 4.79 Å². The lowest BCUT2D eigenvalue weighted by Gasteiger charge is -2.27. The molecule has 1 amide bonds. The molecule has 142 valence electrons. The molecule has 0 spiro atoms. The maximum absolute atomic E-state index is 12.3. The van der Waals surface area contributed by atoms with Gasteiger partial charge in [-0.3, -0.25) is 4.79 Å². The summed E-state index contributed by atoms with van der Waals surface area (Å²) in [6.07, 6.45) is -1.14. The Morgan fingerprint density at radius 3 is 2.19 bits per heavy atom. The summed E-state index contributed by atoms with van der Waals surface area (Å²) in [5, 5.41) is 17.1. The number of carbonyl (C=O) groups is 2. The summed E-state index contributed by atoms with van der Waals surface area (Å²) in [6.45, 7) is 0. The van der Waals surface area contributed by atoms with E-state index < -0.39 is 21.8 Å². The van der Waals surface area contributed by atoms with Crippen LogP contribution in [0.3, 0.4) is 0 Å². The van der Waals surface area contributed by atoms with Crippen molar-refractivity contribution in [2.24, 2.45) is 0 Å². The molecule has 0 aromatic heterocycles. The predicted molar refractivity (Wildman–Crippen MR) is 111 cm³/mol. The van der Waals surface area contributed by atoms with E-state index in [4.69, 9.17) is 52.1 Å². The molecule has 2 aromatic carbocycles. The molecule has 2 rings (SSSR count). The minimum atomic E-state index is -1.90. The van der Waals surface area contributed by atoms with Crippen LogP contribution in [0.2, 0.25) is 0 Å². The molecule has 6 nitrogen and oxygen atoms in total. The van der Waals surface area contributed by atoms with Gasteiger partial charge >= 0.3 is 5.97 Å². The van der Waals surface area contributed by atoms with Gasteiger partial charge in [0.2, 0.25) is 3.79 Å². The summed E-state index contributed by atoms with van der Waals surface area (Å²) in [5.41, 5.74) is 0.884. The molecule has 10 heteroatoms. The van der Waals surface area contributed by atoms with Gasteiger partial charge in [-0.2, -0.15) is 0 Å². The SMILES string of the molecule is O=C(O)c1cccc(NC(=S)N[C@H](NC(=O)c2ccccc2)C(Cl)(Cl)Cl)c1. The van der Waals surface area contributed by atoms with E-state index in [9.17, 15) is 9.59 Å². The van der Waals surface area contributed by atoms with E-state index in [2.05, 4.69) is 16.0 Å². The maximum Gasteiger partial charge on any atom is 0.335 e. The normalized spacial score (nSPS) is 12.0. The highest BCUT2D eigenvalue weighted by atomic mass is 35.6. The molecule has 0 unspecified atom stereocenters. The van der Waals surface area contributed by atoms with Crippen LogP contribution in [0, 0.1) is 0 Å². The molecular weight excluding hydrogens is 433 g/mol. The zero-order chi connectivity index (χ0) is 20.0. The Kier molecular flexibility index (Phi) is 7.26. The minimum Gasteiger partial charge on any atom is -0.478 e. The Labute approximate surface area is 175 Å². The van der Waals surface area contributed by atoms with Gasteiger partial charge in [0.05, 0.1) is 5.56 Å². The molecule has 0 aliphatic rings. The zero-order valence-corrected chi connectivity index (χ0v) is 16.7. The minimum absolute atomic E-state index is 0.0298.